The zero-order valence-electron chi connectivity index (χ0n) is 50.8. The highest BCUT2D eigenvalue weighted by molar-refractivity contribution is 7.45. The number of nitrogens with zero attached hydrogens (tertiary/aromatic N) is 1. The summed E-state index contributed by atoms with van der Waals surface area (Å²) < 4.78 is 30.3. The first-order valence-electron chi connectivity index (χ1n) is 31.3. The first kappa shape index (κ1) is 74.4. The van der Waals surface area contributed by atoms with Crippen molar-refractivity contribution >= 4 is 19.7 Å². The molecule has 0 aromatic rings. The number of allylic oxidation sites excluding steroid dienone is 19. The average molecular weight is 1110 g/mol. The number of hydrogen-bond donors (Lipinski definition) is 1. The standard InChI is InChI=1S/C68H117N2O7P/c1-7-10-13-16-19-22-25-28-30-31-32-33-34-35-36-37-38-39-40-42-45-48-51-54-57-60-67(71)69-65(64-76-78(73,74)75-63-62-70(4,5)6)66(59-56-53-50-47-44-41-27-24-21-18-15-12-9-3)77-68(72)61-58-55-52-49-46-43-29-26-23-20-17-14-11-8-2/h10-11,13-14,19-20,22-23,28-30,32-33,35-36,38-39,43,56,59,65-66H,7-9,12,15-18,21,24-27,31,34,37,40-42,44-55,57-58,60-64H2,1-6H3,(H-,69,71,73,74)/b13-10-,14-11+,22-19-,23-20+,30-28-,33-32-,36-35-,39-38-,43-29+,59-56-. The highest BCUT2D eigenvalue weighted by Crippen LogP contribution is 2.38. The number of rotatable bonds is 55. The van der Waals surface area contributed by atoms with Crippen molar-refractivity contribution in [2.24, 2.45) is 0 Å². The van der Waals surface area contributed by atoms with Crippen LogP contribution in [0.25, 0.3) is 0 Å². The summed E-state index contributed by atoms with van der Waals surface area (Å²) in [5.74, 6) is -0.591. The minimum absolute atomic E-state index is 0.0358. The van der Waals surface area contributed by atoms with Crippen molar-refractivity contribution in [1.29, 1.82) is 0 Å². The smallest absolute Gasteiger partial charge is 0.306 e. The van der Waals surface area contributed by atoms with Gasteiger partial charge in [0.15, 0.2) is 0 Å². The van der Waals surface area contributed by atoms with E-state index in [4.69, 9.17) is 13.8 Å². The molecule has 0 aliphatic carbocycles. The first-order valence-corrected chi connectivity index (χ1v) is 32.8. The highest BCUT2D eigenvalue weighted by Gasteiger charge is 2.27. The number of quaternary nitrogens is 1. The van der Waals surface area contributed by atoms with Gasteiger partial charge in [-0.2, -0.15) is 0 Å². The Labute approximate surface area is 480 Å². The van der Waals surface area contributed by atoms with Crippen LogP contribution < -0.4 is 10.2 Å². The Morgan fingerprint density at radius 2 is 0.821 bits per heavy atom. The summed E-state index contributed by atoms with van der Waals surface area (Å²) in [7, 11) is 1.14. The van der Waals surface area contributed by atoms with Crippen molar-refractivity contribution in [3.8, 4) is 0 Å². The van der Waals surface area contributed by atoms with Gasteiger partial charge < -0.3 is 28.5 Å². The maximum absolute atomic E-state index is 13.5. The maximum Gasteiger partial charge on any atom is 0.306 e. The summed E-state index contributed by atoms with van der Waals surface area (Å²) in [6, 6.07) is -0.914. The van der Waals surface area contributed by atoms with Crippen LogP contribution in [0.2, 0.25) is 0 Å². The summed E-state index contributed by atoms with van der Waals surface area (Å²) in [5.41, 5.74) is 0. The predicted molar refractivity (Wildman–Crippen MR) is 334 cm³/mol. The molecule has 9 nitrogen and oxygen atoms in total. The summed E-state index contributed by atoms with van der Waals surface area (Å²) in [6.07, 6.45) is 78.8. The van der Waals surface area contributed by atoms with Crippen LogP contribution in [0.5, 0.6) is 0 Å². The largest absolute Gasteiger partial charge is 0.756 e. The Balaban J connectivity index is 5.27. The number of amides is 1. The van der Waals surface area contributed by atoms with Crippen molar-refractivity contribution in [1.82, 2.24) is 5.32 Å². The van der Waals surface area contributed by atoms with E-state index in [1.807, 2.05) is 33.3 Å². The van der Waals surface area contributed by atoms with Crippen molar-refractivity contribution in [3.05, 3.63) is 122 Å². The van der Waals surface area contributed by atoms with Crippen LogP contribution in [0, 0.1) is 0 Å². The van der Waals surface area contributed by atoms with Gasteiger partial charge in [-0.15, -0.1) is 0 Å². The topological polar surface area (TPSA) is 114 Å². The number of esters is 1. The maximum atomic E-state index is 13.5. The average Bonchev–Trinajstić information content (AvgIpc) is 3.40. The molecule has 0 fully saturated rings. The van der Waals surface area contributed by atoms with E-state index in [0.29, 0.717) is 23.9 Å². The second-order valence-corrected chi connectivity index (χ2v) is 23.2. The van der Waals surface area contributed by atoms with Crippen molar-refractivity contribution in [2.45, 2.75) is 258 Å². The summed E-state index contributed by atoms with van der Waals surface area (Å²) in [6.45, 7) is 6.58. The van der Waals surface area contributed by atoms with Gasteiger partial charge in [-0.05, 0) is 115 Å². The molecule has 1 amide bonds. The van der Waals surface area contributed by atoms with Crippen LogP contribution >= 0.6 is 7.82 Å². The Morgan fingerprint density at radius 3 is 1.23 bits per heavy atom. The van der Waals surface area contributed by atoms with Crippen LogP contribution in [-0.2, 0) is 27.9 Å². The minimum Gasteiger partial charge on any atom is -0.756 e. The SMILES string of the molecule is CC/C=C\C/C=C\C/C=C\C/C=C\C/C=C\C/C=C\CCCCCCCCC(=O)NC(COP(=O)([O-])OCC[N+](C)(C)C)C(/C=C\CCCCCCCCCCCCC)OC(=O)CCCCCC/C=C/C/C=C/C/C=C/CC. The lowest BCUT2D eigenvalue weighted by Crippen LogP contribution is -2.47. The van der Waals surface area contributed by atoms with Crippen LogP contribution in [-0.4, -0.2) is 69.4 Å². The third-order valence-electron chi connectivity index (χ3n) is 13.1. The lowest BCUT2D eigenvalue weighted by molar-refractivity contribution is -0.870. The quantitative estimate of drug-likeness (QED) is 0.0212. The molecule has 0 saturated carbocycles. The van der Waals surface area contributed by atoms with Gasteiger partial charge in [0, 0.05) is 12.8 Å². The Bertz CT molecular complexity index is 1750. The zero-order valence-corrected chi connectivity index (χ0v) is 51.7. The lowest BCUT2D eigenvalue weighted by atomic mass is 10.0. The molecule has 0 radical (unpaired) electrons. The molecule has 0 heterocycles. The summed E-state index contributed by atoms with van der Waals surface area (Å²) >= 11 is 0. The van der Waals surface area contributed by atoms with Gasteiger partial charge in [-0.1, -0.05) is 239 Å². The van der Waals surface area contributed by atoms with E-state index in [-0.39, 0.29) is 31.3 Å². The molecule has 10 heteroatoms. The molecule has 0 rings (SSSR count). The van der Waals surface area contributed by atoms with Gasteiger partial charge in [0.25, 0.3) is 7.82 Å². The Morgan fingerprint density at radius 1 is 0.462 bits per heavy atom. The zero-order chi connectivity index (χ0) is 57.2. The molecule has 3 atom stereocenters. The Hall–Kier alpha value is -3.59. The molecule has 3 unspecified atom stereocenters. The van der Waals surface area contributed by atoms with E-state index in [0.717, 1.165) is 141 Å². The normalized spacial score (nSPS) is 14.5. The fraction of sp³-hybridized carbons (Fsp3) is 0.676. The van der Waals surface area contributed by atoms with Crippen LogP contribution in [0.1, 0.15) is 245 Å². The molecule has 0 aromatic carbocycles. The van der Waals surface area contributed by atoms with E-state index in [1.165, 1.54) is 57.8 Å². The van der Waals surface area contributed by atoms with Gasteiger partial charge in [0.2, 0.25) is 5.91 Å². The van der Waals surface area contributed by atoms with E-state index in [2.05, 4.69) is 135 Å². The molecule has 78 heavy (non-hydrogen) atoms. The molecular weight excluding hydrogens is 988 g/mol. The number of carbonyl (C=O) groups excluding carboxylic acids is 2. The van der Waals surface area contributed by atoms with Crippen LogP contribution in [0.15, 0.2) is 122 Å². The molecule has 0 aromatic heterocycles. The second-order valence-electron chi connectivity index (χ2n) is 21.8. The highest BCUT2D eigenvalue weighted by atomic mass is 31.2. The van der Waals surface area contributed by atoms with Crippen LogP contribution in [0.3, 0.4) is 0 Å². The van der Waals surface area contributed by atoms with E-state index >= 15 is 0 Å². The second kappa shape index (κ2) is 56.7. The van der Waals surface area contributed by atoms with Gasteiger partial charge in [-0.25, -0.2) is 0 Å². The predicted octanol–water partition coefficient (Wildman–Crippen LogP) is 18.9. The van der Waals surface area contributed by atoms with Gasteiger partial charge in [-0.3, -0.25) is 14.2 Å². The third-order valence-corrected chi connectivity index (χ3v) is 14.1. The minimum atomic E-state index is -4.72. The van der Waals surface area contributed by atoms with Crippen molar-refractivity contribution in [2.75, 3.05) is 40.9 Å². The monoisotopic (exact) mass is 1100 g/mol. The molecule has 0 bridgehead atoms. The van der Waals surface area contributed by atoms with Crippen LogP contribution in [0.4, 0.5) is 0 Å². The summed E-state index contributed by atoms with van der Waals surface area (Å²) in [5, 5.41) is 3.01. The summed E-state index contributed by atoms with van der Waals surface area (Å²) in [4.78, 5) is 40.0. The lowest BCUT2D eigenvalue weighted by Gasteiger charge is -2.30. The number of unbranched alkanes of at least 4 members (excludes halogenated alkanes) is 21. The van der Waals surface area contributed by atoms with E-state index < -0.39 is 26.6 Å². The van der Waals surface area contributed by atoms with E-state index in [1.54, 1.807) is 0 Å². The van der Waals surface area contributed by atoms with Gasteiger partial charge in [0.1, 0.15) is 19.3 Å². The fourth-order valence-corrected chi connectivity index (χ4v) is 9.08. The number of ether oxygens (including phenoxy) is 1. The van der Waals surface area contributed by atoms with Crippen molar-refractivity contribution in [3.63, 3.8) is 0 Å². The molecule has 446 valence electrons. The number of likely N-dealkylation sites (N-methyl/N-ethyl adjacent to an activating group) is 1. The van der Waals surface area contributed by atoms with Gasteiger partial charge >= 0.3 is 5.97 Å². The number of hydrogen-bond acceptors (Lipinski definition) is 7. The molecular formula is C68H117N2O7P. The molecule has 1 N–H and O–H groups in total. The van der Waals surface area contributed by atoms with Crippen molar-refractivity contribution < 1.29 is 37.3 Å². The van der Waals surface area contributed by atoms with E-state index in [9.17, 15) is 19.0 Å². The number of phosphoric acid groups is 1. The first-order chi connectivity index (χ1) is 37.9. The molecule has 0 aliphatic rings. The molecule has 0 saturated heterocycles. The number of phosphoric ester groups is 1. The number of carbonyl (C=O) groups is 2. The third kappa shape index (κ3) is 57.1. The van der Waals surface area contributed by atoms with Gasteiger partial charge in [0.05, 0.1) is 33.8 Å². The Kier molecular flexibility index (Phi) is 54.1. The molecule has 0 spiro atoms. The fourth-order valence-electron chi connectivity index (χ4n) is 8.36. The number of nitrogens with one attached hydrogen (secondary N) is 1. The molecule has 0 aliphatic heterocycles.